The smallest absolute Gasteiger partial charge is 0.0798 e. The lowest BCUT2D eigenvalue weighted by Gasteiger charge is -2.26. The Morgan fingerprint density at radius 3 is 2.73 bits per heavy atom. The molecule has 0 radical (unpaired) electrons. The van der Waals surface area contributed by atoms with Gasteiger partial charge < -0.3 is 10.6 Å². The maximum atomic E-state index is 4.23. The third-order valence-electron chi connectivity index (χ3n) is 2.35. The minimum absolute atomic E-state index is 0.160. The summed E-state index contributed by atoms with van der Waals surface area (Å²) in [6.07, 6.45) is 0. The quantitative estimate of drug-likeness (QED) is 0.780. The lowest BCUT2D eigenvalue weighted by molar-refractivity contribution is 0.373. The highest BCUT2D eigenvalue weighted by Gasteiger charge is 2.15. The van der Waals surface area contributed by atoms with Crippen LogP contribution in [-0.2, 0) is 6.54 Å². The van der Waals surface area contributed by atoms with Crippen molar-refractivity contribution in [3.63, 3.8) is 0 Å². The molecule has 0 amide bonds. The van der Waals surface area contributed by atoms with Crippen molar-refractivity contribution >= 4 is 11.3 Å². The number of aryl methyl sites for hydroxylation is 1. The molecule has 4 heteroatoms. The van der Waals surface area contributed by atoms with Crippen LogP contribution < -0.4 is 10.6 Å². The van der Waals surface area contributed by atoms with E-state index in [0.717, 1.165) is 25.3 Å². The number of thiazole rings is 1. The summed E-state index contributed by atoms with van der Waals surface area (Å²) < 4.78 is 0. The monoisotopic (exact) mass is 227 g/mol. The SMILES string of the molecule is CCNC(C)(C)CNCc1scnc1C. The first-order valence-corrected chi connectivity index (χ1v) is 6.28. The first-order valence-electron chi connectivity index (χ1n) is 5.40. The third kappa shape index (κ3) is 4.28. The molecule has 0 spiro atoms. The van der Waals surface area contributed by atoms with Crippen LogP contribution in [-0.4, -0.2) is 23.6 Å². The van der Waals surface area contributed by atoms with Crippen LogP contribution in [0.15, 0.2) is 5.51 Å². The fourth-order valence-corrected chi connectivity index (χ4v) is 2.27. The number of nitrogens with zero attached hydrogens (tertiary/aromatic N) is 1. The van der Waals surface area contributed by atoms with Gasteiger partial charge in [0, 0.05) is 23.5 Å². The lowest BCUT2D eigenvalue weighted by atomic mass is 10.1. The molecule has 86 valence electrons. The molecule has 0 unspecified atom stereocenters. The van der Waals surface area contributed by atoms with Crippen molar-refractivity contribution in [3.05, 3.63) is 16.1 Å². The Kier molecular flexibility index (Phi) is 4.70. The van der Waals surface area contributed by atoms with E-state index in [2.05, 4.69) is 43.3 Å². The molecule has 1 aromatic rings. The standard InChI is InChI=1S/C11H21N3S/c1-5-14-11(3,4)7-12-6-10-9(2)13-8-15-10/h8,12,14H,5-7H2,1-4H3. The van der Waals surface area contributed by atoms with Crippen molar-refractivity contribution < 1.29 is 0 Å². The van der Waals surface area contributed by atoms with Gasteiger partial charge in [0.05, 0.1) is 11.2 Å². The average molecular weight is 227 g/mol. The minimum atomic E-state index is 0.160. The fourth-order valence-electron chi connectivity index (χ4n) is 1.53. The van der Waals surface area contributed by atoms with Gasteiger partial charge in [0.1, 0.15) is 0 Å². The van der Waals surface area contributed by atoms with E-state index in [0.29, 0.717) is 0 Å². The van der Waals surface area contributed by atoms with Crippen LogP contribution in [0.4, 0.5) is 0 Å². The molecule has 0 aliphatic rings. The van der Waals surface area contributed by atoms with Crippen molar-refractivity contribution in [2.75, 3.05) is 13.1 Å². The van der Waals surface area contributed by atoms with E-state index >= 15 is 0 Å². The molecule has 0 saturated heterocycles. The Balaban J connectivity index is 2.30. The Morgan fingerprint density at radius 2 is 2.20 bits per heavy atom. The van der Waals surface area contributed by atoms with Crippen molar-refractivity contribution in [2.45, 2.75) is 39.8 Å². The first-order chi connectivity index (χ1) is 7.05. The number of rotatable bonds is 6. The van der Waals surface area contributed by atoms with Gasteiger partial charge in [-0.1, -0.05) is 6.92 Å². The van der Waals surface area contributed by atoms with Crippen molar-refractivity contribution in [1.82, 2.24) is 15.6 Å². The summed E-state index contributed by atoms with van der Waals surface area (Å²) in [5.74, 6) is 0. The van der Waals surface area contributed by atoms with Crippen LogP contribution in [0.3, 0.4) is 0 Å². The highest BCUT2D eigenvalue weighted by Crippen LogP contribution is 2.11. The molecule has 0 aliphatic heterocycles. The van der Waals surface area contributed by atoms with Gasteiger partial charge in [-0.2, -0.15) is 0 Å². The predicted octanol–water partition coefficient (Wildman–Crippen LogP) is 1.93. The zero-order valence-corrected chi connectivity index (χ0v) is 10.9. The molecule has 1 rings (SSSR count). The van der Waals surface area contributed by atoms with E-state index in [1.165, 1.54) is 4.88 Å². The largest absolute Gasteiger partial charge is 0.311 e. The van der Waals surface area contributed by atoms with Crippen LogP contribution in [0.2, 0.25) is 0 Å². The maximum Gasteiger partial charge on any atom is 0.0798 e. The Bertz CT molecular complexity index is 294. The molecule has 0 bridgehead atoms. The molecular weight excluding hydrogens is 206 g/mol. The van der Waals surface area contributed by atoms with E-state index in [1.807, 2.05) is 5.51 Å². The van der Waals surface area contributed by atoms with Crippen LogP contribution >= 0.6 is 11.3 Å². The van der Waals surface area contributed by atoms with Gasteiger partial charge >= 0.3 is 0 Å². The zero-order chi connectivity index (χ0) is 11.3. The van der Waals surface area contributed by atoms with E-state index in [9.17, 15) is 0 Å². The van der Waals surface area contributed by atoms with Crippen molar-refractivity contribution in [2.24, 2.45) is 0 Å². The zero-order valence-electron chi connectivity index (χ0n) is 10.1. The number of likely N-dealkylation sites (N-methyl/N-ethyl adjacent to an activating group) is 1. The summed E-state index contributed by atoms with van der Waals surface area (Å²) in [5.41, 5.74) is 3.21. The highest BCUT2D eigenvalue weighted by atomic mass is 32.1. The number of nitrogens with one attached hydrogen (secondary N) is 2. The molecule has 15 heavy (non-hydrogen) atoms. The molecular formula is C11H21N3S. The van der Waals surface area contributed by atoms with Crippen LogP contribution in [0.1, 0.15) is 31.3 Å². The highest BCUT2D eigenvalue weighted by molar-refractivity contribution is 7.09. The molecule has 0 aromatic carbocycles. The van der Waals surface area contributed by atoms with Gasteiger partial charge in [0.25, 0.3) is 0 Å². The average Bonchev–Trinajstić information content (AvgIpc) is 2.51. The minimum Gasteiger partial charge on any atom is -0.311 e. The summed E-state index contributed by atoms with van der Waals surface area (Å²) in [5, 5.41) is 6.90. The Labute approximate surface area is 96.3 Å². The summed E-state index contributed by atoms with van der Waals surface area (Å²) in [6, 6.07) is 0. The second kappa shape index (κ2) is 5.58. The molecule has 1 heterocycles. The Morgan fingerprint density at radius 1 is 1.47 bits per heavy atom. The summed E-state index contributed by atoms with van der Waals surface area (Å²) in [7, 11) is 0. The van der Waals surface area contributed by atoms with E-state index < -0.39 is 0 Å². The van der Waals surface area contributed by atoms with Crippen LogP contribution in [0.25, 0.3) is 0 Å². The Hall–Kier alpha value is -0.450. The molecule has 0 fully saturated rings. The van der Waals surface area contributed by atoms with Gasteiger partial charge in [-0.3, -0.25) is 0 Å². The topological polar surface area (TPSA) is 37.0 Å². The normalized spacial score (nSPS) is 12.0. The number of hydrogen-bond donors (Lipinski definition) is 2. The first kappa shape index (κ1) is 12.6. The van der Waals surface area contributed by atoms with Gasteiger partial charge in [0.2, 0.25) is 0 Å². The second-order valence-electron chi connectivity index (χ2n) is 4.38. The van der Waals surface area contributed by atoms with Gasteiger partial charge in [0.15, 0.2) is 0 Å². The molecule has 0 aliphatic carbocycles. The number of aromatic nitrogens is 1. The molecule has 0 atom stereocenters. The van der Waals surface area contributed by atoms with Crippen molar-refractivity contribution in [1.29, 1.82) is 0 Å². The fraction of sp³-hybridized carbons (Fsp3) is 0.727. The molecule has 2 N–H and O–H groups in total. The van der Waals surface area contributed by atoms with Crippen molar-refractivity contribution in [3.8, 4) is 0 Å². The van der Waals surface area contributed by atoms with E-state index in [4.69, 9.17) is 0 Å². The molecule has 0 saturated carbocycles. The number of hydrogen-bond acceptors (Lipinski definition) is 4. The maximum absolute atomic E-state index is 4.23. The predicted molar refractivity (Wildman–Crippen MR) is 66.3 cm³/mol. The lowest BCUT2D eigenvalue weighted by Crippen LogP contribution is -2.47. The van der Waals surface area contributed by atoms with Gasteiger partial charge in [-0.15, -0.1) is 11.3 Å². The van der Waals surface area contributed by atoms with E-state index in [-0.39, 0.29) is 5.54 Å². The third-order valence-corrected chi connectivity index (χ3v) is 3.29. The van der Waals surface area contributed by atoms with E-state index in [1.54, 1.807) is 11.3 Å². The molecule has 1 aromatic heterocycles. The summed E-state index contributed by atoms with van der Waals surface area (Å²) >= 11 is 1.72. The van der Waals surface area contributed by atoms with Gasteiger partial charge in [-0.05, 0) is 27.3 Å². The summed E-state index contributed by atoms with van der Waals surface area (Å²) in [6.45, 7) is 11.5. The van der Waals surface area contributed by atoms with Crippen LogP contribution in [0.5, 0.6) is 0 Å². The van der Waals surface area contributed by atoms with Crippen LogP contribution in [0, 0.1) is 6.92 Å². The molecule has 3 nitrogen and oxygen atoms in total. The second-order valence-corrected chi connectivity index (χ2v) is 5.32. The van der Waals surface area contributed by atoms with Gasteiger partial charge in [-0.25, -0.2) is 4.98 Å². The summed E-state index contributed by atoms with van der Waals surface area (Å²) in [4.78, 5) is 5.57.